The molecule has 9 heteroatoms. The Balaban J connectivity index is 1.53. The first-order valence-corrected chi connectivity index (χ1v) is 11.0. The number of carbonyl (C=O) groups excluding carboxylic acids is 1. The van der Waals surface area contributed by atoms with Gasteiger partial charge in [-0.25, -0.2) is 13.8 Å². The van der Waals surface area contributed by atoms with Gasteiger partial charge in [0.05, 0.1) is 17.2 Å². The maximum atomic E-state index is 14.1. The van der Waals surface area contributed by atoms with Gasteiger partial charge >= 0.3 is 0 Å². The molecule has 1 amide bonds. The Hall–Kier alpha value is -4.06. The third kappa shape index (κ3) is 4.96. The molecule has 1 aliphatic heterocycles. The van der Waals surface area contributed by atoms with Gasteiger partial charge in [0.15, 0.2) is 0 Å². The summed E-state index contributed by atoms with van der Waals surface area (Å²) in [5, 5.41) is 11.8. The van der Waals surface area contributed by atoms with Gasteiger partial charge in [0.25, 0.3) is 0 Å². The molecule has 3 aromatic rings. The van der Waals surface area contributed by atoms with Crippen molar-refractivity contribution in [1.82, 2.24) is 15.3 Å². The number of nitriles is 1. The van der Waals surface area contributed by atoms with Gasteiger partial charge in [-0.15, -0.1) is 0 Å². The number of piperidine rings is 1. The van der Waals surface area contributed by atoms with Gasteiger partial charge in [0.2, 0.25) is 11.9 Å². The van der Waals surface area contributed by atoms with E-state index in [0.717, 1.165) is 6.42 Å². The standard InChI is InChI=1S/C25H24F2N6O/c1-15-6-7-19(24(34)30-13-18-4-2-3-5-20(18)26)14-33(15)23-11-22(31-25(29)32-23)16-8-9-17(12-28)21(27)10-16/h2-5,8-11,15,19H,6-7,13-14H2,1H3,(H,30,34)(H2,29,31,32)/t15-,19+/m1/s1. The molecule has 2 aromatic carbocycles. The molecular formula is C25H24F2N6O. The van der Waals surface area contributed by atoms with E-state index in [-0.39, 0.29) is 41.7 Å². The summed E-state index contributed by atoms with van der Waals surface area (Å²) in [6.07, 6.45) is 1.44. The largest absolute Gasteiger partial charge is 0.368 e. The second-order valence-corrected chi connectivity index (χ2v) is 8.36. The predicted octanol–water partition coefficient (Wildman–Crippen LogP) is 3.80. The molecule has 34 heavy (non-hydrogen) atoms. The zero-order valence-corrected chi connectivity index (χ0v) is 18.6. The number of nitrogens with one attached hydrogen (secondary N) is 1. The van der Waals surface area contributed by atoms with Crippen LogP contribution in [0, 0.1) is 28.9 Å². The first-order valence-electron chi connectivity index (χ1n) is 11.0. The van der Waals surface area contributed by atoms with Crippen LogP contribution in [0.15, 0.2) is 48.5 Å². The van der Waals surface area contributed by atoms with Crippen molar-refractivity contribution in [2.75, 3.05) is 17.2 Å². The summed E-state index contributed by atoms with van der Waals surface area (Å²) in [5.74, 6) is -0.907. The molecule has 0 saturated carbocycles. The number of aromatic nitrogens is 2. The normalized spacial score (nSPS) is 17.8. The highest BCUT2D eigenvalue weighted by molar-refractivity contribution is 5.79. The van der Waals surface area contributed by atoms with Crippen LogP contribution in [0.2, 0.25) is 0 Å². The molecule has 2 atom stereocenters. The number of carbonyl (C=O) groups is 1. The first kappa shape index (κ1) is 23.1. The lowest BCUT2D eigenvalue weighted by Gasteiger charge is -2.38. The quantitative estimate of drug-likeness (QED) is 0.597. The Bertz CT molecular complexity index is 1260. The van der Waals surface area contributed by atoms with Gasteiger partial charge in [-0.1, -0.05) is 24.3 Å². The van der Waals surface area contributed by atoms with E-state index >= 15 is 0 Å². The van der Waals surface area contributed by atoms with Crippen molar-refractivity contribution in [3.63, 3.8) is 0 Å². The average Bonchev–Trinajstić information content (AvgIpc) is 2.83. The van der Waals surface area contributed by atoms with Crippen LogP contribution in [0.3, 0.4) is 0 Å². The number of amides is 1. The molecule has 3 N–H and O–H groups in total. The molecular weight excluding hydrogens is 438 g/mol. The number of anilines is 2. The Kier molecular flexibility index (Phi) is 6.68. The lowest BCUT2D eigenvalue weighted by molar-refractivity contribution is -0.125. The monoisotopic (exact) mass is 462 g/mol. The van der Waals surface area contributed by atoms with E-state index in [4.69, 9.17) is 11.0 Å². The summed E-state index contributed by atoms with van der Waals surface area (Å²) in [6, 6.07) is 14.2. The minimum absolute atomic E-state index is 0.0237. The van der Waals surface area contributed by atoms with Crippen LogP contribution in [-0.4, -0.2) is 28.5 Å². The maximum absolute atomic E-state index is 14.1. The van der Waals surface area contributed by atoms with Crippen molar-refractivity contribution in [2.45, 2.75) is 32.4 Å². The molecule has 1 aliphatic rings. The number of benzene rings is 2. The van der Waals surface area contributed by atoms with E-state index < -0.39 is 5.82 Å². The average molecular weight is 463 g/mol. The summed E-state index contributed by atoms with van der Waals surface area (Å²) in [4.78, 5) is 23.4. The summed E-state index contributed by atoms with van der Waals surface area (Å²) >= 11 is 0. The van der Waals surface area contributed by atoms with Crippen molar-refractivity contribution in [2.24, 2.45) is 5.92 Å². The Morgan fingerprint density at radius 2 is 1.97 bits per heavy atom. The summed E-state index contributed by atoms with van der Waals surface area (Å²) in [7, 11) is 0. The molecule has 1 fully saturated rings. The summed E-state index contributed by atoms with van der Waals surface area (Å²) in [5.41, 5.74) is 7.22. The minimum Gasteiger partial charge on any atom is -0.368 e. The number of nitrogens with zero attached hydrogens (tertiary/aromatic N) is 4. The highest BCUT2D eigenvalue weighted by Crippen LogP contribution is 2.30. The molecule has 1 aromatic heterocycles. The summed E-state index contributed by atoms with van der Waals surface area (Å²) < 4.78 is 28.0. The molecule has 0 bridgehead atoms. The zero-order valence-electron chi connectivity index (χ0n) is 18.6. The molecule has 0 aliphatic carbocycles. The highest BCUT2D eigenvalue weighted by Gasteiger charge is 2.31. The Morgan fingerprint density at radius 3 is 2.71 bits per heavy atom. The van der Waals surface area contributed by atoms with Crippen LogP contribution in [0.1, 0.15) is 30.9 Å². The predicted molar refractivity (Wildman–Crippen MR) is 124 cm³/mol. The molecule has 0 spiro atoms. The first-order chi connectivity index (χ1) is 16.4. The lowest BCUT2D eigenvalue weighted by Crippen LogP contribution is -2.47. The van der Waals surface area contributed by atoms with Crippen molar-refractivity contribution in [3.8, 4) is 17.3 Å². The number of rotatable bonds is 5. The molecule has 4 rings (SSSR count). The zero-order chi connectivity index (χ0) is 24.2. The smallest absolute Gasteiger partial charge is 0.225 e. The van der Waals surface area contributed by atoms with Gasteiger partial charge in [-0.05, 0) is 38.0 Å². The molecule has 1 saturated heterocycles. The second kappa shape index (κ2) is 9.83. The van der Waals surface area contributed by atoms with Gasteiger partial charge < -0.3 is 16.0 Å². The van der Waals surface area contributed by atoms with E-state index in [0.29, 0.717) is 35.6 Å². The van der Waals surface area contributed by atoms with E-state index in [2.05, 4.69) is 15.3 Å². The summed E-state index contributed by atoms with van der Waals surface area (Å²) in [6.45, 7) is 2.56. The van der Waals surface area contributed by atoms with Crippen molar-refractivity contribution in [1.29, 1.82) is 5.26 Å². The molecule has 7 nitrogen and oxygen atoms in total. The van der Waals surface area contributed by atoms with Crippen LogP contribution in [0.25, 0.3) is 11.3 Å². The fourth-order valence-corrected chi connectivity index (χ4v) is 4.12. The Morgan fingerprint density at radius 1 is 1.18 bits per heavy atom. The third-order valence-electron chi connectivity index (χ3n) is 6.07. The molecule has 2 heterocycles. The van der Waals surface area contributed by atoms with Crippen molar-refractivity contribution < 1.29 is 13.6 Å². The number of hydrogen-bond donors (Lipinski definition) is 2. The second-order valence-electron chi connectivity index (χ2n) is 8.36. The lowest BCUT2D eigenvalue weighted by atomic mass is 9.92. The van der Waals surface area contributed by atoms with Crippen LogP contribution in [0.4, 0.5) is 20.5 Å². The molecule has 174 valence electrons. The fraction of sp³-hybridized carbons (Fsp3) is 0.280. The Labute approximate surface area is 196 Å². The van der Waals surface area contributed by atoms with E-state index in [1.165, 1.54) is 18.2 Å². The van der Waals surface area contributed by atoms with E-state index in [9.17, 15) is 13.6 Å². The van der Waals surface area contributed by atoms with Crippen molar-refractivity contribution >= 4 is 17.7 Å². The maximum Gasteiger partial charge on any atom is 0.225 e. The van der Waals surface area contributed by atoms with Gasteiger partial charge in [-0.2, -0.15) is 10.2 Å². The minimum atomic E-state index is -0.642. The number of hydrogen-bond acceptors (Lipinski definition) is 6. The van der Waals surface area contributed by atoms with Crippen LogP contribution in [-0.2, 0) is 11.3 Å². The number of nitrogens with two attached hydrogens (primary N) is 1. The molecule has 0 radical (unpaired) electrons. The van der Waals surface area contributed by atoms with Crippen LogP contribution in [0.5, 0.6) is 0 Å². The van der Waals surface area contributed by atoms with E-state index in [1.54, 1.807) is 36.4 Å². The van der Waals surface area contributed by atoms with Gasteiger partial charge in [-0.3, -0.25) is 4.79 Å². The molecule has 0 unspecified atom stereocenters. The highest BCUT2D eigenvalue weighted by atomic mass is 19.1. The van der Waals surface area contributed by atoms with Gasteiger partial charge in [0.1, 0.15) is 23.5 Å². The van der Waals surface area contributed by atoms with Gasteiger partial charge in [0, 0.05) is 36.3 Å². The fourth-order valence-electron chi connectivity index (χ4n) is 4.12. The number of halogens is 2. The topological polar surface area (TPSA) is 108 Å². The van der Waals surface area contributed by atoms with Crippen LogP contribution >= 0.6 is 0 Å². The van der Waals surface area contributed by atoms with E-state index in [1.807, 2.05) is 11.8 Å². The van der Waals surface area contributed by atoms with Crippen LogP contribution < -0.4 is 16.0 Å². The number of nitrogen functional groups attached to an aromatic ring is 1. The SMILES string of the molecule is C[C@@H]1CC[C@H](C(=O)NCc2ccccc2F)CN1c1cc(-c2ccc(C#N)c(F)c2)nc(N)n1. The van der Waals surface area contributed by atoms with Crippen molar-refractivity contribution in [3.05, 3.63) is 71.3 Å². The third-order valence-corrected chi connectivity index (χ3v) is 6.07.